The first-order valence-corrected chi connectivity index (χ1v) is 5.45. The second kappa shape index (κ2) is 3.62. The fourth-order valence-corrected chi connectivity index (χ4v) is 1.83. The van der Waals surface area contributed by atoms with E-state index in [2.05, 4.69) is 30.1 Å². The van der Waals surface area contributed by atoms with Crippen molar-refractivity contribution in [2.24, 2.45) is 0 Å². The summed E-state index contributed by atoms with van der Waals surface area (Å²) in [5.41, 5.74) is 5.45. The van der Waals surface area contributed by atoms with E-state index in [9.17, 15) is 0 Å². The zero-order valence-electron chi connectivity index (χ0n) is 7.50. The number of nitrogens with zero attached hydrogens (tertiary/aromatic N) is 2. The zero-order chi connectivity index (χ0) is 9.19. The van der Waals surface area contributed by atoms with E-state index < -0.39 is 0 Å². The predicted molar refractivity (Wildman–Crippen MR) is 55.4 cm³/mol. The summed E-state index contributed by atoms with van der Waals surface area (Å²) in [5.74, 6) is 1.69. The molecule has 68 valence electrons. The Morgan fingerprint density at radius 2 is 2.17 bits per heavy atom. The van der Waals surface area contributed by atoms with E-state index in [0.29, 0.717) is 5.13 Å². The Hall–Kier alpha value is -0.290. The normalized spacial score (nSPS) is 11.9. The highest BCUT2D eigenvalue weighted by Crippen LogP contribution is 2.26. The molecule has 1 rings (SSSR count). The van der Waals surface area contributed by atoms with Gasteiger partial charge in [0.1, 0.15) is 0 Å². The lowest BCUT2D eigenvalue weighted by Gasteiger charge is -2.15. The minimum absolute atomic E-state index is 0.264. The molecule has 1 aromatic heterocycles. The van der Waals surface area contributed by atoms with Gasteiger partial charge in [0, 0.05) is 16.3 Å². The van der Waals surface area contributed by atoms with E-state index in [4.69, 9.17) is 5.73 Å². The molecule has 0 aromatic carbocycles. The molecule has 0 atom stereocenters. The van der Waals surface area contributed by atoms with Crippen molar-refractivity contribution in [2.75, 3.05) is 5.73 Å². The van der Waals surface area contributed by atoms with Crippen LogP contribution in [0.3, 0.4) is 0 Å². The Bertz CT molecular complexity index is 251. The van der Waals surface area contributed by atoms with Crippen molar-refractivity contribution in [2.45, 2.75) is 31.3 Å². The molecule has 0 aliphatic heterocycles. The molecule has 1 heterocycles. The van der Waals surface area contributed by atoms with Crippen LogP contribution in [-0.2, 0) is 5.75 Å². The number of hydrogen-bond donors (Lipinski definition) is 1. The molecule has 0 aliphatic carbocycles. The lowest BCUT2D eigenvalue weighted by atomic mass is 10.3. The predicted octanol–water partition coefficient (Wildman–Crippen LogP) is 2.15. The maximum atomic E-state index is 5.45. The Kier molecular flexibility index (Phi) is 2.95. The van der Waals surface area contributed by atoms with Crippen molar-refractivity contribution in [3.05, 3.63) is 5.82 Å². The van der Waals surface area contributed by atoms with Gasteiger partial charge in [0.25, 0.3) is 0 Å². The molecular formula is C7H13N3S2. The van der Waals surface area contributed by atoms with Crippen LogP contribution < -0.4 is 5.73 Å². The Morgan fingerprint density at radius 1 is 1.50 bits per heavy atom. The molecule has 0 aliphatic rings. The Labute approximate surface area is 80.9 Å². The van der Waals surface area contributed by atoms with Gasteiger partial charge in [-0.3, -0.25) is 0 Å². The van der Waals surface area contributed by atoms with E-state index in [1.807, 2.05) is 11.8 Å². The summed E-state index contributed by atoms with van der Waals surface area (Å²) in [7, 11) is 0. The van der Waals surface area contributed by atoms with Gasteiger partial charge in [-0.25, -0.2) is 4.98 Å². The van der Waals surface area contributed by atoms with Crippen LogP contribution in [0.5, 0.6) is 0 Å². The highest BCUT2D eigenvalue weighted by molar-refractivity contribution is 7.99. The van der Waals surface area contributed by atoms with Crippen molar-refractivity contribution < 1.29 is 0 Å². The van der Waals surface area contributed by atoms with Gasteiger partial charge in [0.15, 0.2) is 11.0 Å². The summed E-state index contributed by atoms with van der Waals surface area (Å²) in [5, 5.41) is 0.555. The van der Waals surface area contributed by atoms with Crippen LogP contribution in [0.2, 0.25) is 0 Å². The van der Waals surface area contributed by atoms with E-state index in [1.54, 1.807) is 0 Å². The summed E-state index contributed by atoms with van der Waals surface area (Å²) < 4.78 is 4.37. The number of nitrogen functional groups attached to an aromatic ring is 1. The van der Waals surface area contributed by atoms with E-state index in [0.717, 1.165) is 11.6 Å². The van der Waals surface area contributed by atoms with Crippen molar-refractivity contribution in [1.82, 2.24) is 9.36 Å². The average Bonchev–Trinajstić information content (AvgIpc) is 2.30. The molecule has 0 saturated heterocycles. The van der Waals surface area contributed by atoms with Gasteiger partial charge in [-0.15, -0.1) is 11.8 Å². The largest absolute Gasteiger partial charge is 0.374 e. The minimum atomic E-state index is 0.264. The summed E-state index contributed by atoms with van der Waals surface area (Å²) in [6, 6.07) is 0. The van der Waals surface area contributed by atoms with Crippen LogP contribution in [0.25, 0.3) is 0 Å². The maximum absolute atomic E-state index is 5.45. The third-order valence-corrected chi connectivity index (χ3v) is 2.97. The van der Waals surface area contributed by atoms with Crippen molar-refractivity contribution in [1.29, 1.82) is 0 Å². The smallest absolute Gasteiger partial charge is 0.199 e. The minimum Gasteiger partial charge on any atom is -0.374 e. The van der Waals surface area contributed by atoms with Crippen molar-refractivity contribution in [3.8, 4) is 0 Å². The molecule has 1 aromatic rings. The maximum Gasteiger partial charge on any atom is 0.199 e. The lowest BCUT2D eigenvalue weighted by Crippen LogP contribution is -2.07. The van der Waals surface area contributed by atoms with Gasteiger partial charge in [0.05, 0.1) is 5.75 Å². The summed E-state index contributed by atoms with van der Waals surface area (Å²) in [6.45, 7) is 6.52. The lowest BCUT2D eigenvalue weighted by molar-refractivity contribution is 0.801. The number of hydrogen-bond acceptors (Lipinski definition) is 5. The number of nitrogens with two attached hydrogens (primary N) is 1. The van der Waals surface area contributed by atoms with Gasteiger partial charge >= 0.3 is 0 Å². The Morgan fingerprint density at radius 3 is 2.58 bits per heavy atom. The molecule has 0 fully saturated rings. The average molecular weight is 203 g/mol. The molecule has 2 N–H and O–H groups in total. The van der Waals surface area contributed by atoms with Gasteiger partial charge in [0.2, 0.25) is 0 Å². The SMILES string of the molecule is CC(C)(C)SCc1nsc(N)n1. The third kappa shape index (κ3) is 3.40. The fraction of sp³-hybridized carbons (Fsp3) is 0.714. The molecule has 0 unspecified atom stereocenters. The van der Waals surface area contributed by atoms with Crippen molar-refractivity contribution in [3.63, 3.8) is 0 Å². The highest BCUT2D eigenvalue weighted by atomic mass is 32.2. The zero-order valence-corrected chi connectivity index (χ0v) is 9.13. The van der Waals surface area contributed by atoms with Crippen LogP contribution in [0.4, 0.5) is 5.13 Å². The summed E-state index contributed by atoms with van der Waals surface area (Å²) in [4.78, 5) is 4.08. The van der Waals surface area contributed by atoms with Gasteiger partial charge in [-0.1, -0.05) is 20.8 Å². The molecule has 12 heavy (non-hydrogen) atoms. The molecule has 3 nitrogen and oxygen atoms in total. The van der Waals surface area contributed by atoms with Gasteiger partial charge in [-0.2, -0.15) is 4.37 Å². The van der Waals surface area contributed by atoms with Crippen LogP contribution in [-0.4, -0.2) is 14.1 Å². The molecule has 0 bridgehead atoms. The van der Waals surface area contributed by atoms with Gasteiger partial charge in [-0.05, 0) is 0 Å². The second-order valence-electron chi connectivity index (χ2n) is 3.45. The molecule has 0 saturated carbocycles. The van der Waals surface area contributed by atoms with Crippen LogP contribution in [0.15, 0.2) is 0 Å². The summed E-state index contributed by atoms with van der Waals surface area (Å²) >= 11 is 3.08. The van der Waals surface area contributed by atoms with E-state index in [-0.39, 0.29) is 4.75 Å². The van der Waals surface area contributed by atoms with Crippen molar-refractivity contribution >= 4 is 28.4 Å². The first-order valence-electron chi connectivity index (χ1n) is 3.69. The third-order valence-electron chi connectivity index (χ3n) is 1.12. The Balaban J connectivity index is 2.44. The first kappa shape index (κ1) is 9.80. The monoisotopic (exact) mass is 203 g/mol. The van der Waals surface area contributed by atoms with Crippen LogP contribution in [0, 0.1) is 0 Å². The standard InChI is InChI=1S/C7H13N3S2/c1-7(2,3)11-4-5-9-6(8)12-10-5/h4H2,1-3H3,(H2,8,9,10). The first-order chi connectivity index (χ1) is 5.47. The van der Waals surface area contributed by atoms with Crippen LogP contribution >= 0.6 is 23.3 Å². The van der Waals surface area contributed by atoms with Crippen LogP contribution in [0.1, 0.15) is 26.6 Å². The number of thioether (sulfide) groups is 1. The highest BCUT2D eigenvalue weighted by Gasteiger charge is 2.12. The molecule has 5 heteroatoms. The number of rotatable bonds is 2. The number of aromatic nitrogens is 2. The van der Waals surface area contributed by atoms with E-state index >= 15 is 0 Å². The van der Waals surface area contributed by atoms with Gasteiger partial charge < -0.3 is 5.73 Å². The molecular weight excluding hydrogens is 190 g/mol. The molecule has 0 amide bonds. The topological polar surface area (TPSA) is 51.8 Å². The molecule has 0 spiro atoms. The second-order valence-corrected chi connectivity index (χ2v) is 6.04. The summed E-state index contributed by atoms with van der Waals surface area (Å²) in [6.07, 6.45) is 0. The molecule has 0 radical (unpaired) electrons. The van der Waals surface area contributed by atoms with E-state index in [1.165, 1.54) is 11.5 Å². The number of anilines is 1. The quantitative estimate of drug-likeness (QED) is 0.800. The fourth-order valence-electron chi connectivity index (χ4n) is 0.607.